The van der Waals surface area contributed by atoms with Crippen LogP contribution < -0.4 is 0 Å². The Morgan fingerprint density at radius 2 is 1.90 bits per heavy atom. The molecule has 1 aromatic carbocycles. The minimum atomic E-state index is -0.998. The molecule has 21 heavy (non-hydrogen) atoms. The number of hydrogen-bond donors (Lipinski definition) is 1. The van der Waals surface area contributed by atoms with Gasteiger partial charge in [-0.15, -0.1) is 0 Å². The summed E-state index contributed by atoms with van der Waals surface area (Å²) in [5.74, 6) is -2.80. The number of carboxylic acid groups (broad SMARTS) is 1. The second-order valence-electron chi connectivity index (χ2n) is 3.50. The standard InChI is InChI=1S/C11H11FO2.C4H6O3/c1-2-14-11(13)10(12)8-9-6-4-3-5-7-9;1-7-3-2-4(5)6/h3-8H,2H2,1H3;2-3H,1H3,(H,5,6). The number of hydrogen-bond acceptors (Lipinski definition) is 4. The van der Waals surface area contributed by atoms with E-state index in [9.17, 15) is 14.0 Å². The normalized spacial score (nSPS) is 10.5. The van der Waals surface area contributed by atoms with E-state index in [1.54, 1.807) is 31.2 Å². The molecule has 1 aromatic rings. The number of carbonyl (C=O) groups excluding carboxylic acids is 1. The topological polar surface area (TPSA) is 72.8 Å². The third kappa shape index (κ3) is 9.89. The third-order valence-electron chi connectivity index (χ3n) is 1.91. The Hall–Kier alpha value is -2.63. The monoisotopic (exact) mass is 296 g/mol. The molecule has 0 aliphatic carbocycles. The van der Waals surface area contributed by atoms with Gasteiger partial charge in [-0.1, -0.05) is 30.3 Å². The van der Waals surface area contributed by atoms with Crippen LogP contribution in [0.3, 0.4) is 0 Å². The van der Waals surface area contributed by atoms with Crippen molar-refractivity contribution in [2.24, 2.45) is 0 Å². The van der Waals surface area contributed by atoms with Crippen LogP contribution in [0.5, 0.6) is 0 Å². The average Bonchev–Trinajstić information content (AvgIpc) is 2.47. The fourth-order valence-corrected chi connectivity index (χ4v) is 1.08. The van der Waals surface area contributed by atoms with Crippen LogP contribution >= 0.6 is 0 Å². The largest absolute Gasteiger partial charge is 0.504 e. The first-order valence-electron chi connectivity index (χ1n) is 6.02. The molecule has 0 aliphatic heterocycles. The van der Waals surface area contributed by atoms with Crippen molar-refractivity contribution in [2.45, 2.75) is 6.92 Å². The van der Waals surface area contributed by atoms with Crippen LogP contribution in [0.1, 0.15) is 12.5 Å². The summed E-state index contributed by atoms with van der Waals surface area (Å²) in [7, 11) is 1.39. The van der Waals surface area contributed by atoms with Crippen molar-refractivity contribution >= 4 is 18.0 Å². The minimum absolute atomic E-state index is 0.175. The van der Waals surface area contributed by atoms with Gasteiger partial charge >= 0.3 is 11.9 Å². The molecule has 0 saturated carbocycles. The van der Waals surface area contributed by atoms with Gasteiger partial charge in [-0.2, -0.15) is 4.39 Å². The van der Waals surface area contributed by atoms with Gasteiger partial charge in [0.15, 0.2) is 0 Å². The molecule has 0 amide bonds. The van der Waals surface area contributed by atoms with Crippen LogP contribution in [-0.2, 0) is 19.1 Å². The Kier molecular flexibility index (Phi) is 9.81. The first kappa shape index (κ1) is 18.4. The SMILES string of the molecule is CCOC(=O)C(F)=Cc1ccccc1.COC=CC(=O)O. The predicted molar refractivity (Wildman–Crippen MR) is 75.9 cm³/mol. The summed E-state index contributed by atoms with van der Waals surface area (Å²) < 4.78 is 21.8. The molecule has 0 radical (unpaired) electrons. The maximum absolute atomic E-state index is 13.1. The van der Waals surface area contributed by atoms with Crippen molar-refractivity contribution in [3.63, 3.8) is 0 Å². The zero-order valence-electron chi connectivity index (χ0n) is 11.8. The highest BCUT2D eigenvalue weighted by molar-refractivity contribution is 5.91. The summed E-state index contributed by atoms with van der Waals surface area (Å²) in [5.41, 5.74) is 0.637. The van der Waals surface area contributed by atoms with Crippen LogP contribution in [0.15, 0.2) is 48.5 Å². The van der Waals surface area contributed by atoms with Gasteiger partial charge in [-0.05, 0) is 18.6 Å². The summed E-state index contributed by atoms with van der Waals surface area (Å²) in [4.78, 5) is 20.5. The van der Waals surface area contributed by atoms with Crippen LogP contribution in [0.2, 0.25) is 0 Å². The molecule has 0 fully saturated rings. The van der Waals surface area contributed by atoms with Crippen LogP contribution in [0, 0.1) is 0 Å². The van der Waals surface area contributed by atoms with Gasteiger partial charge in [-0.25, -0.2) is 9.59 Å². The van der Waals surface area contributed by atoms with Crippen LogP contribution in [-0.4, -0.2) is 30.8 Å². The van der Waals surface area contributed by atoms with Crippen molar-refractivity contribution in [1.82, 2.24) is 0 Å². The van der Waals surface area contributed by atoms with Gasteiger partial charge in [0, 0.05) is 0 Å². The van der Waals surface area contributed by atoms with Crippen molar-refractivity contribution in [1.29, 1.82) is 0 Å². The molecule has 1 N–H and O–H groups in total. The van der Waals surface area contributed by atoms with E-state index in [0.29, 0.717) is 5.56 Å². The lowest BCUT2D eigenvalue weighted by Gasteiger charge is -1.98. The highest BCUT2D eigenvalue weighted by Crippen LogP contribution is 2.08. The van der Waals surface area contributed by atoms with E-state index in [0.717, 1.165) is 18.4 Å². The van der Waals surface area contributed by atoms with Gasteiger partial charge in [0.2, 0.25) is 5.83 Å². The van der Waals surface area contributed by atoms with E-state index >= 15 is 0 Å². The molecule has 0 bridgehead atoms. The zero-order valence-corrected chi connectivity index (χ0v) is 11.8. The number of methoxy groups -OCH3 is 1. The van der Waals surface area contributed by atoms with Crippen molar-refractivity contribution in [2.75, 3.05) is 13.7 Å². The van der Waals surface area contributed by atoms with Gasteiger partial charge in [0.25, 0.3) is 0 Å². The Morgan fingerprint density at radius 1 is 1.29 bits per heavy atom. The summed E-state index contributed by atoms with van der Waals surface area (Å²) >= 11 is 0. The van der Waals surface area contributed by atoms with Crippen molar-refractivity contribution < 1.29 is 28.6 Å². The summed E-state index contributed by atoms with van der Waals surface area (Å²) in [6.07, 6.45) is 3.17. The van der Waals surface area contributed by atoms with Gasteiger partial charge in [0.05, 0.1) is 26.1 Å². The second-order valence-corrected chi connectivity index (χ2v) is 3.50. The molecule has 5 nitrogen and oxygen atoms in total. The van der Waals surface area contributed by atoms with Crippen molar-refractivity contribution in [3.8, 4) is 0 Å². The number of benzene rings is 1. The first-order chi connectivity index (χ1) is 10.0. The van der Waals surface area contributed by atoms with E-state index in [1.807, 2.05) is 6.07 Å². The van der Waals surface area contributed by atoms with Crippen LogP contribution in [0.25, 0.3) is 6.08 Å². The Labute approximate surface area is 122 Å². The molecular weight excluding hydrogens is 279 g/mol. The fourth-order valence-electron chi connectivity index (χ4n) is 1.08. The average molecular weight is 296 g/mol. The highest BCUT2D eigenvalue weighted by Gasteiger charge is 2.08. The molecule has 0 saturated heterocycles. The molecule has 0 aliphatic rings. The number of ether oxygens (including phenoxy) is 2. The number of rotatable bonds is 5. The van der Waals surface area contributed by atoms with Gasteiger partial charge in [-0.3, -0.25) is 0 Å². The lowest BCUT2D eigenvalue weighted by Crippen LogP contribution is -2.03. The van der Waals surface area contributed by atoms with E-state index in [4.69, 9.17) is 5.11 Å². The summed E-state index contributed by atoms with van der Waals surface area (Å²) in [6, 6.07) is 8.77. The molecule has 6 heteroatoms. The van der Waals surface area contributed by atoms with E-state index in [-0.39, 0.29) is 6.61 Å². The molecular formula is C15H17FO5. The van der Waals surface area contributed by atoms with E-state index < -0.39 is 17.8 Å². The Morgan fingerprint density at radius 3 is 2.33 bits per heavy atom. The molecule has 0 aromatic heterocycles. The lowest BCUT2D eigenvalue weighted by atomic mass is 10.2. The predicted octanol–water partition coefficient (Wildman–Crippen LogP) is 2.79. The maximum Gasteiger partial charge on any atom is 0.367 e. The summed E-state index contributed by atoms with van der Waals surface area (Å²) in [6.45, 7) is 1.81. The van der Waals surface area contributed by atoms with E-state index in [1.165, 1.54) is 7.11 Å². The Bertz CT molecular complexity index is 494. The number of halogens is 1. The lowest BCUT2D eigenvalue weighted by molar-refractivity contribution is -0.140. The zero-order chi connectivity index (χ0) is 16.1. The molecule has 0 heterocycles. The number of carbonyl (C=O) groups is 2. The summed E-state index contributed by atoms with van der Waals surface area (Å²) in [5, 5.41) is 7.88. The molecule has 1 rings (SSSR count). The molecule has 0 unspecified atom stereocenters. The molecule has 0 atom stereocenters. The number of esters is 1. The first-order valence-corrected chi connectivity index (χ1v) is 6.02. The minimum Gasteiger partial charge on any atom is -0.504 e. The van der Waals surface area contributed by atoms with E-state index in [2.05, 4.69) is 9.47 Å². The fraction of sp³-hybridized carbons (Fsp3) is 0.200. The van der Waals surface area contributed by atoms with Crippen LogP contribution in [0.4, 0.5) is 4.39 Å². The van der Waals surface area contributed by atoms with Gasteiger partial charge in [0.1, 0.15) is 0 Å². The third-order valence-corrected chi connectivity index (χ3v) is 1.91. The smallest absolute Gasteiger partial charge is 0.367 e. The maximum atomic E-state index is 13.1. The van der Waals surface area contributed by atoms with Gasteiger partial charge < -0.3 is 14.6 Å². The Balaban J connectivity index is 0.000000486. The molecule has 114 valence electrons. The van der Waals surface area contributed by atoms with Crippen molar-refractivity contribution in [3.05, 3.63) is 54.1 Å². The number of carboxylic acids is 1. The quantitative estimate of drug-likeness (QED) is 0.514. The second kappa shape index (κ2) is 11.2. The number of aliphatic carboxylic acids is 1. The molecule has 0 spiro atoms. The highest BCUT2D eigenvalue weighted by atomic mass is 19.1.